The Kier molecular flexibility index (Phi) is 11.7. The summed E-state index contributed by atoms with van der Waals surface area (Å²) in [5.41, 5.74) is 2.05. The largest absolute Gasteiger partial charge is 0.494 e. The molecule has 1 fully saturated rings. The van der Waals surface area contributed by atoms with Gasteiger partial charge in [0.1, 0.15) is 18.3 Å². The van der Waals surface area contributed by atoms with Gasteiger partial charge in [-0.15, -0.1) is 0 Å². The summed E-state index contributed by atoms with van der Waals surface area (Å²) in [6.07, 6.45) is 4.16. The highest BCUT2D eigenvalue weighted by atomic mass is 79.9. The molecule has 0 heterocycles. The number of amides is 2. The van der Waals surface area contributed by atoms with Crippen molar-refractivity contribution < 1.29 is 22.7 Å². The van der Waals surface area contributed by atoms with E-state index in [0.29, 0.717) is 18.0 Å². The van der Waals surface area contributed by atoms with Gasteiger partial charge in [-0.25, -0.2) is 8.42 Å². The third-order valence-corrected chi connectivity index (χ3v) is 10.6. The average Bonchev–Trinajstić information content (AvgIpc) is 3.60. The van der Waals surface area contributed by atoms with Crippen LogP contribution in [0.4, 0.5) is 5.69 Å². The maximum absolute atomic E-state index is 14.6. The van der Waals surface area contributed by atoms with E-state index in [9.17, 15) is 18.0 Å². The highest BCUT2D eigenvalue weighted by molar-refractivity contribution is 9.10. The van der Waals surface area contributed by atoms with Crippen molar-refractivity contribution in [2.45, 2.75) is 62.6 Å². The van der Waals surface area contributed by atoms with Crippen LogP contribution in [0, 0.1) is 0 Å². The van der Waals surface area contributed by atoms with Crippen molar-refractivity contribution in [3.05, 3.63) is 125 Å². The van der Waals surface area contributed by atoms with Gasteiger partial charge in [0.05, 0.1) is 17.2 Å². The van der Waals surface area contributed by atoms with Crippen LogP contribution >= 0.6 is 15.9 Å². The van der Waals surface area contributed by atoms with E-state index in [1.54, 1.807) is 42.5 Å². The quantitative estimate of drug-likeness (QED) is 0.156. The van der Waals surface area contributed by atoms with E-state index in [0.717, 1.165) is 45.6 Å². The number of sulfonamides is 1. The number of rotatable bonds is 14. The Morgan fingerprint density at radius 1 is 0.851 bits per heavy atom. The Labute approximate surface area is 285 Å². The Morgan fingerprint density at radius 3 is 2.09 bits per heavy atom. The Morgan fingerprint density at radius 2 is 1.47 bits per heavy atom. The molecule has 8 nitrogen and oxygen atoms in total. The van der Waals surface area contributed by atoms with Crippen LogP contribution in [0.1, 0.15) is 43.7 Å². The molecule has 0 radical (unpaired) electrons. The Balaban J connectivity index is 1.53. The lowest BCUT2D eigenvalue weighted by Crippen LogP contribution is -2.54. The second kappa shape index (κ2) is 16.1. The van der Waals surface area contributed by atoms with E-state index < -0.39 is 28.5 Å². The number of ether oxygens (including phenoxy) is 1. The van der Waals surface area contributed by atoms with Crippen molar-refractivity contribution in [1.29, 1.82) is 0 Å². The molecule has 0 saturated heterocycles. The molecule has 1 atom stereocenters. The zero-order valence-corrected chi connectivity index (χ0v) is 28.8. The fourth-order valence-electron chi connectivity index (χ4n) is 5.83. The normalized spacial score (nSPS) is 13.9. The maximum Gasteiger partial charge on any atom is 0.264 e. The maximum atomic E-state index is 14.6. The van der Waals surface area contributed by atoms with E-state index in [4.69, 9.17) is 4.74 Å². The monoisotopic (exact) mass is 717 g/mol. The first-order valence-corrected chi connectivity index (χ1v) is 18.2. The van der Waals surface area contributed by atoms with Crippen molar-refractivity contribution in [2.75, 3.05) is 17.5 Å². The highest BCUT2D eigenvalue weighted by Crippen LogP contribution is 2.27. The van der Waals surface area contributed by atoms with E-state index in [1.807, 2.05) is 61.5 Å². The number of nitrogens with one attached hydrogen (secondary N) is 1. The number of hydrogen-bond acceptors (Lipinski definition) is 5. The number of carbonyl (C=O) groups is 2. The summed E-state index contributed by atoms with van der Waals surface area (Å²) in [6, 6.07) is 31.0. The predicted octanol–water partition coefficient (Wildman–Crippen LogP) is 6.74. The molecule has 0 aliphatic heterocycles. The van der Waals surface area contributed by atoms with E-state index >= 15 is 0 Å². The van der Waals surface area contributed by atoms with Gasteiger partial charge in [-0.05, 0) is 79.4 Å². The molecular formula is C37H40BrN3O5S. The van der Waals surface area contributed by atoms with Gasteiger partial charge in [-0.2, -0.15) is 0 Å². The van der Waals surface area contributed by atoms with Gasteiger partial charge in [0.25, 0.3) is 10.0 Å². The summed E-state index contributed by atoms with van der Waals surface area (Å²) in [5.74, 6) is -0.188. The number of carbonyl (C=O) groups excluding carboxylic acids is 2. The molecular weight excluding hydrogens is 678 g/mol. The van der Waals surface area contributed by atoms with Crippen molar-refractivity contribution in [1.82, 2.24) is 10.2 Å². The number of hydrogen-bond donors (Lipinski definition) is 1. The van der Waals surface area contributed by atoms with Gasteiger partial charge < -0.3 is 15.0 Å². The number of anilines is 1. The minimum Gasteiger partial charge on any atom is -0.494 e. The summed E-state index contributed by atoms with van der Waals surface area (Å²) >= 11 is 3.48. The van der Waals surface area contributed by atoms with Crippen LogP contribution in [0.3, 0.4) is 0 Å². The molecule has 2 amide bonds. The topological polar surface area (TPSA) is 96.0 Å². The number of nitrogens with zero attached hydrogens (tertiary/aromatic N) is 2. The van der Waals surface area contributed by atoms with Crippen LogP contribution in [0.25, 0.3) is 0 Å². The van der Waals surface area contributed by atoms with Gasteiger partial charge in [-0.1, -0.05) is 89.4 Å². The Bertz CT molecular complexity index is 1710. The standard InChI is InChI=1S/C37H40BrN3O5S/c1-2-46-33-21-23-34(24-22-33)47(44,45)41(32-15-7-4-8-16-32)27-36(42)40(26-29-17-19-30(38)20-18-29)35(25-28-11-5-3-6-12-28)37(43)39-31-13-9-10-14-31/h3-8,11-12,15-24,31,35H,2,9-10,13-14,25-27H2,1H3,(H,39,43). The molecule has 4 aromatic carbocycles. The van der Waals surface area contributed by atoms with Crippen molar-refractivity contribution in [2.24, 2.45) is 0 Å². The summed E-state index contributed by atoms with van der Waals surface area (Å²) in [5, 5.41) is 3.20. The molecule has 1 aliphatic carbocycles. The van der Waals surface area contributed by atoms with E-state index in [1.165, 1.54) is 17.0 Å². The number of halogens is 1. The first kappa shape index (κ1) is 34.2. The Hall–Kier alpha value is -4.15. The second-order valence-electron chi connectivity index (χ2n) is 11.6. The molecule has 47 heavy (non-hydrogen) atoms. The number of benzene rings is 4. The molecule has 1 aliphatic rings. The minimum atomic E-state index is -4.19. The average molecular weight is 719 g/mol. The van der Waals surface area contributed by atoms with Crippen LogP contribution in [-0.2, 0) is 32.6 Å². The smallest absolute Gasteiger partial charge is 0.264 e. The van der Waals surface area contributed by atoms with Crippen molar-refractivity contribution in [3.63, 3.8) is 0 Å². The zero-order chi connectivity index (χ0) is 33.2. The minimum absolute atomic E-state index is 0.0249. The first-order valence-electron chi connectivity index (χ1n) is 15.9. The molecule has 5 rings (SSSR count). The highest BCUT2D eigenvalue weighted by Gasteiger charge is 2.35. The van der Waals surface area contributed by atoms with Crippen LogP contribution in [0.2, 0.25) is 0 Å². The molecule has 1 N–H and O–H groups in total. The molecule has 10 heteroatoms. The summed E-state index contributed by atoms with van der Waals surface area (Å²) in [4.78, 5) is 30.3. The fourth-order valence-corrected chi connectivity index (χ4v) is 7.51. The first-order chi connectivity index (χ1) is 22.7. The van der Waals surface area contributed by atoms with Gasteiger partial charge in [0.2, 0.25) is 11.8 Å². The van der Waals surface area contributed by atoms with Gasteiger partial charge in [0, 0.05) is 23.5 Å². The molecule has 0 spiro atoms. The molecule has 246 valence electrons. The fraction of sp³-hybridized carbons (Fsp3) is 0.297. The number of para-hydroxylation sites is 1. The van der Waals surface area contributed by atoms with Gasteiger partial charge >= 0.3 is 0 Å². The molecule has 0 bridgehead atoms. The van der Waals surface area contributed by atoms with Crippen LogP contribution in [-0.4, -0.2) is 50.4 Å². The molecule has 1 saturated carbocycles. The van der Waals surface area contributed by atoms with E-state index in [2.05, 4.69) is 21.2 Å². The molecule has 0 aromatic heterocycles. The van der Waals surface area contributed by atoms with E-state index in [-0.39, 0.29) is 29.8 Å². The predicted molar refractivity (Wildman–Crippen MR) is 188 cm³/mol. The van der Waals surface area contributed by atoms with Crippen LogP contribution in [0.5, 0.6) is 5.75 Å². The van der Waals surface area contributed by atoms with Crippen LogP contribution in [0.15, 0.2) is 119 Å². The van der Waals surface area contributed by atoms with Gasteiger partial charge in [-0.3, -0.25) is 13.9 Å². The third kappa shape index (κ3) is 9.02. The van der Waals surface area contributed by atoms with Gasteiger partial charge in [0.15, 0.2) is 0 Å². The lowest BCUT2D eigenvalue weighted by atomic mass is 10.0. The SMILES string of the molecule is CCOc1ccc(S(=O)(=O)N(CC(=O)N(Cc2ccc(Br)cc2)C(Cc2ccccc2)C(=O)NC2CCCC2)c2ccccc2)cc1. The zero-order valence-electron chi connectivity index (χ0n) is 26.4. The van der Waals surface area contributed by atoms with Crippen molar-refractivity contribution >= 4 is 43.5 Å². The van der Waals surface area contributed by atoms with Crippen molar-refractivity contribution in [3.8, 4) is 5.75 Å². The third-order valence-electron chi connectivity index (χ3n) is 8.28. The molecule has 1 unspecified atom stereocenters. The lowest BCUT2D eigenvalue weighted by molar-refractivity contribution is -0.140. The van der Waals surface area contributed by atoms with Crippen LogP contribution < -0.4 is 14.4 Å². The summed E-state index contributed by atoms with van der Waals surface area (Å²) in [7, 11) is -4.19. The summed E-state index contributed by atoms with van der Waals surface area (Å²) < 4.78 is 35.9. The lowest BCUT2D eigenvalue weighted by Gasteiger charge is -2.34. The summed E-state index contributed by atoms with van der Waals surface area (Å²) in [6.45, 7) is 1.92. The molecule has 4 aromatic rings. The second-order valence-corrected chi connectivity index (χ2v) is 14.4.